The molecule has 2 rings (SSSR count). The second-order valence-electron chi connectivity index (χ2n) is 5.97. The van der Waals surface area contributed by atoms with E-state index in [1.165, 1.54) is 0 Å². The Morgan fingerprint density at radius 3 is 2.40 bits per heavy atom. The minimum atomic E-state index is -0.726. The van der Waals surface area contributed by atoms with Gasteiger partial charge in [-0.3, -0.25) is 0 Å². The van der Waals surface area contributed by atoms with Crippen molar-refractivity contribution >= 4 is 6.09 Å². The predicted molar refractivity (Wildman–Crippen MR) is 77.2 cm³/mol. The number of carbonyl (C=O) groups is 1. The molecule has 0 aromatic heterocycles. The molecule has 1 aliphatic heterocycles. The summed E-state index contributed by atoms with van der Waals surface area (Å²) in [5.41, 5.74) is 0.252. The van der Waals surface area contributed by atoms with Crippen LogP contribution in [0.4, 0.5) is 4.79 Å². The zero-order valence-electron chi connectivity index (χ0n) is 12.4. The normalized spacial score (nSPS) is 30.1. The van der Waals surface area contributed by atoms with E-state index < -0.39 is 5.60 Å². The van der Waals surface area contributed by atoms with E-state index >= 15 is 0 Å². The monoisotopic (exact) mass is 277 g/mol. The van der Waals surface area contributed by atoms with E-state index in [4.69, 9.17) is 4.74 Å². The van der Waals surface area contributed by atoms with Crippen molar-refractivity contribution in [1.82, 2.24) is 4.90 Å². The third-order valence-electron chi connectivity index (χ3n) is 4.45. The van der Waals surface area contributed by atoms with Gasteiger partial charge < -0.3 is 14.7 Å². The van der Waals surface area contributed by atoms with Gasteiger partial charge >= 0.3 is 6.09 Å². The number of aliphatic hydroxyl groups is 1. The molecule has 1 fully saturated rings. The van der Waals surface area contributed by atoms with Gasteiger partial charge in [-0.1, -0.05) is 44.2 Å². The Labute approximate surface area is 120 Å². The molecular formula is C16H23NO3. The third-order valence-corrected chi connectivity index (χ3v) is 4.45. The Bertz CT molecular complexity index is 444. The summed E-state index contributed by atoms with van der Waals surface area (Å²) in [6.07, 6.45) is -0.303. The van der Waals surface area contributed by atoms with Crippen LogP contribution in [0, 0.1) is 11.8 Å². The number of piperidine rings is 1. The molecule has 1 heterocycles. The summed E-state index contributed by atoms with van der Waals surface area (Å²) in [7, 11) is 0. The quantitative estimate of drug-likeness (QED) is 0.904. The van der Waals surface area contributed by atoms with Crippen molar-refractivity contribution < 1.29 is 14.6 Å². The van der Waals surface area contributed by atoms with Gasteiger partial charge in [0.25, 0.3) is 0 Å². The summed E-state index contributed by atoms with van der Waals surface area (Å²) in [5, 5.41) is 10.3. The van der Waals surface area contributed by atoms with Gasteiger partial charge in [0.05, 0.1) is 5.60 Å². The highest BCUT2D eigenvalue weighted by molar-refractivity contribution is 5.67. The summed E-state index contributed by atoms with van der Waals surface area (Å²) in [4.78, 5) is 13.8. The van der Waals surface area contributed by atoms with Crippen molar-refractivity contribution in [3.63, 3.8) is 0 Å². The lowest BCUT2D eigenvalue weighted by atomic mass is 9.77. The van der Waals surface area contributed by atoms with E-state index in [9.17, 15) is 9.90 Å². The molecule has 4 nitrogen and oxygen atoms in total. The van der Waals surface area contributed by atoms with E-state index in [0.717, 1.165) is 5.56 Å². The van der Waals surface area contributed by atoms with Gasteiger partial charge in [0.1, 0.15) is 6.61 Å². The highest BCUT2D eigenvalue weighted by Gasteiger charge is 2.42. The summed E-state index contributed by atoms with van der Waals surface area (Å²) in [6, 6.07) is 9.64. The number of rotatable bonds is 2. The Hall–Kier alpha value is -1.55. The minimum Gasteiger partial charge on any atom is -0.445 e. The maximum atomic E-state index is 12.1. The van der Waals surface area contributed by atoms with Crippen LogP contribution in [0.15, 0.2) is 30.3 Å². The van der Waals surface area contributed by atoms with Gasteiger partial charge in [-0.2, -0.15) is 0 Å². The number of benzene rings is 1. The lowest BCUT2D eigenvalue weighted by Gasteiger charge is -2.45. The molecule has 110 valence electrons. The molecule has 4 heteroatoms. The van der Waals surface area contributed by atoms with E-state index in [1.54, 1.807) is 4.90 Å². The van der Waals surface area contributed by atoms with Crippen molar-refractivity contribution in [2.75, 3.05) is 13.1 Å². The van der Waals surface area contributed by atoms with Crippen LogP contribution in [-0.2, 0) is 11.3 Å². The summed E-state index contributed by atoms with van der Waals surface area (Å²) in [5.74, 6) is 0.0750. The first-order chi connectivity index (χ1) is 9.41. The molecule has 0 radical (unpaired) electrons. The van der Waals surface area contributed by atoms with Crippen molar-refractivity contribution in [2.45, 2.75) is 33.0 Å². The van der Waals surface area contributed by atoms with Gasteiger partial charge in [0.2, 0.25) is 0 Å². The molecule has 3 atom stereocenters. The standard InChI is InChI=1S/C16H23NO3/c1-12-9-17(10-13(2)16(12,3)19)15(18)20-11-14-7-5-4-6-8-14/h4-8,12-13,19H,9-11H2,1-3H3/t12-,13+,16?. The maximum absolute atomic E-state index is 12.1. The largest absolute Gasteiger partial charge is 0.445 e. The van der Waals surface area contributed by atoms with E-state index in [2.05, 4.69) is 0 Å². The Balaban J connectivity index is 1.91. The second kappa shape index (κ2) is 5.83. The number of carbonyl (C=O) groups excluding carboxylic acids is 1. The van der Waals surface area contributed by atoms with Crippen molar-refractivity contribution in [3.8, 4) is 0 Å². The number of likely N-dealkylation sites (tertiary alicyclic amines) is 1. The molecule has 1 unspecified atom stereocenters. The van der Waals surface area contributed by atoms with Gasteiger partial charge in [-0.15, -0.1) is 0 Å². The first-order valence-corrected chi connectivity index (χ1v) is 7.09. The summed E-state index contributed by atoms with van der Waals surface area (Å²) >= 11 is 0. The molecule has 1 N–H and O–H groups in total. The van der Waals surface area contributed by atoms with Crippen LogP contribution >= 0.6 is 0 Å². The zero-order chi connectivity index (χ0) is 14.8. The lowest BCUT2D eigenvalue weighted by Crippen LogP contribution is -2.56. The fourth-order valence-corrected chi connectivity index (χ4v) is 2.55. The van der Waals surface area contributed by atoms with Crippen LogP contribution in [-0.4, -0.2) is 34.8 Å². The molecule has 0 aliphatic carbocycles. The van der Waals surface area contributed by atoms with Crippen LogP contribution in [0.2, 0.25) is 0 Å². The van der Waals surface area contributed by atoms with Crippen LogP contribution in [0.1, 0.15) is 26.3 Å². The average Bonchev–Trinajstić information content (AvgIpc) is 2.43. The smallest absolute Gasteiger partial charge is 0.410 e. The van der Waals surface area contributed by atoms with Crippen molar-refractivity contribution in [1.29, 1.82) is 0 Å². The number of hydrogen-bond acceptors (Lipinski definition) is 3. The van der Waals surface area contributed by atoms with Crippen LogP contribution in [0.5, 0.6) is 0 Å². The molecular weight excluding hydrogens is 254 g/mol. The first kappa shape index (κ1) is 14.9. The Morgan fingerprint density at radius 2 is 1.85 bits per heavy atom. The van der Waals surface area contributed by atoms with E-state index in [-0.39, 0.29) is 24.5 Å². The van der Waals surface area contributed by atoms with Crippen molar-refractivity contribution in [2.24, 2.45) is 11.8 Å². The van der Waals surface area contributed by atoms with Gasteiger partial charge in [-0.25, -0.2) is 4.79 Å². The lowest BCUT2D eigenvalue weighted by molar-refractivity contribution is -0.0876. The van der Waals surface area contributed by atoms with Gasteiger partial charge in [-0.05, 0) is 12.5 Å². The van der Waals surface area contributed by atoms with Crippen LogP contribution < -0.4 is 0 Å². The highest BCUT2D eigenvalue weighted by atomic mass is 16.6. The zero-order valence-corrected chi connectivity index (χ0v) is 12.4. The molecule has 1 aliphatic rings. The first-order valence-electron chi connectivity index (χ1n) is 7.09. The second-order valence-corrected chi connectivity index (χ2v) is 5.97. The third kappa shape index (κ3) is 3.12. The molecule has 1 amide bonds. The van der Waals surface area contributed by atoms with Gasteiger partial charge in [0, 0.05) is 24.9 Å². The highest BCUT2D eigenvalue weighted by Crippen LogP contribution is 2.32. The molecule has 20 heavy (non-hydrogen) atoms. The number of amides is 1. The summed E-state index contributed by atoms with van der Waals surface area (Å²) in [6.45, 7) is 7.13. The molecule has 0 spiro atoms. The topological polar surface area (TPSA) is 49.8 Å². The molecule has 1 aromatic rings. The average molecular weight is 277 g/mol. The van der Waals surface area contributed by atoms with Crippen LogP contribution in [0.25, 0.3) is 0 Å². The van der Waals surface area contributed by atoms with E-state index in [0.29, 0.717) is 13.1 Å². The Morgan fingerprint density at radius 1 is 1.30 bits per heavy atom. The molecule has 1 aromatic carbocycles. The maximum Gasteiger partial charge on any atom is 0.410 e. The fourth-order valence-electron chi connectivity index (χ4n) is 2.55. The number of hydrogen-bond donors (Lipinski definition) is 1. The number of ether oxygens (including phenoxy) is 1. The predicted octanol–water partition coefficient (Wildman–Crippen LogP) is 2.66. The SMILES string of the molecule is C[C@@H]1CN(C(=O)OCc2ccccc2)C[C@H](C)C1(C)O. The Kier molecular flexibility index (Phi) is 4.33. The minimum absolute atomic E-state index is 0.0375. The van der Waals surface area contributed by atoms with Crippen molar-refractivity contribution in [3.05, 3.63) is 35.9 Å². The number of nitrogens with zero attached hydrogens (tertiary/aromatic N) is 1. The van der Waals surface area contributed by atoms with Crippen LogP contribution in [0.3, 0.4) is 0 Å². The molecule has 0 bridgehead atoms. The summed E-state index contributed by atoms with van der Waals surface area (Å²) < 4.78 is 5.34. The molecule has 0 saturated carbocycles. The molecule has 1 saturated heterocycles. The van der Waals surface area contributed by atoms with Gasteiger partial charge in [0.15, 0.2) is 0 Å². The fraction of sp³-hybridized carbons (Fsp3) is 0.562. The van der Waals surface area contributed by atoms with E-state index in [1.807, 2.05) is 51.1 Å².